The molecule has 0 aromatic rings. The Balaban J connectivity index is 2.47. The van der Waals surface area contributed by atoms with E-state index in [1.165, 1.54) is 154 Å². The van der Waals surface area contributed by atoms with Crippen LogP contribution in [0.4, 0.5) is 0 Å². The van der Waals surface area contributed by atoms with Gasteiger partial charge in [0.2, 0.25) is 0 Å². The number of hydrogen-bond acceptors (Lipinski definition) is 4. The molecule has 0 heterocycles. The lowest BCUT2D eigenvalue weighted by molar-refractivity contribution is -0.124. The van der Waals surface area contributed by atoms with E-state index in [4.69, 9.17) is 0 Å². The van der Waals surface area contributed by atoms with Gasteiger partial charge < -0.3 is 20.4 Å². The van der Waals surface area contributed by atoms with E-state index in [-0.39, 0.29) is 26.4 Å². The van der Waals surface area contributed by atoms with Crippen LogP contribution >= 0.6 is 0 Å². The highest BCUT2D eigenvalue weighted by Crippen LogP contribution is 2.46. The lowest BCUT2D eigenvalue weighted by atomic mass is 9.60. The number of aliphatic hydroxyl groups excluding tert-OH is 4. The van der Waals surface area contributed by atoms with Gasteiger partial charge in [0.05, 0.1) is 26.4 Å². The van der Waals surface area contributed by atoms with E-state index in [1.807, 2.05) is 0 Å². The molecule has 240 valence electrons. The molecule has 1 aliphatic rings. The van der Waals surface area contributed by atoms with Crippen LogP contribution in [0.2, 0.25) is 0 Å². The fraction of sp³-hybridized carbons (Fsp3) is 1.00. The van der Waals surface area contributed by atoms with Gasteiger partial charge in [0.1, 0.15) is 0 Å². The van der Waals surface area contributed by atoms with Crippen molar-refractivity contribution < 1.29 is 20.4 Å². The highest BCUT2D eigenvalue weighted by molar-refractivity contribution is 4.97. The first kappa shape index (κ1) is 37.9. The minimum atomic E-state index is -0.810. The van der Waals surface area contributed by atoms with Crippen LogP contribution < -0.4 is 0 Å². The monoisotopic (exact) mass is 569 g/mol. The lowest BCUT2D eigenvalue weighted by Gasteiger charge is -2.47. The van der Waals surface area contributed by atoms with E-state index in [2.05, 4.69) is 0 Å². The zero-order valence-electron chi connectivity index (χ0n) is 26.8. The minimum absolute atomic E-state index is 0.176. The molecule has 1 saturated carbocycles. The SMILES string of the molecule is OCC1(CO)CCCCCCCCCCCCCCCCCCCCCCCCCCCCCCC1(CO)CO. The van der Waals surface area contributed by atoms with Crippen LogP contribution in [0.1, 0.15) is 193 Å². The van der Waals surface area contributed by atoms with Crippen molar-refractivity contribution in [2.75, 3.05) is 26.4 Å². The molecule has 0 spiro atoms. The van der Waals surface area contributed by atoms with Crippen LogP contribution in [0.5, 0.6) is 0 Å². The average molecular weight is 569 g/mol. The Morgan fingerprint density at radius 3 is 0.475 bits per heavy atom. The summed E-state index contributed by atoms with van der Waals surface area (Å²) in [6.07, 6.45) is 38.3. The molecule has 0 aromatic carbocycles. The lowest BCUT2D eigenvalue weighted by Crippen LogP contribution is -2.52. The smallest absolute Gasteiger partial charge is 0.0516 e. The Morgan fingerprint density at radius 2 is 0.350 bits per heavy atom. The van der Waals surface area contributed by atoms with Crippen molar-refractivity contribution in [3.8, 4) is 0 Å². The van der Waals surface area contributed by atoms with E-state index in [0.29, 0.717) is 12.8 Å². The second-order valence-electron chi connectivity index (χ2n) is 13.6. The molecule has 0 aromatic heterocycles. The van der Waals surface area contributed by atoms with Crippen molar-refractivity contribution in [3.05, 3.63) is 0 Å². The van der Waals surface area contributed by atoms with Gasteiger partial charge in [-0.2, -0.15) is 0 Å². The Kier molecular flexibility index (Phi) is 25.1. The van der Waals surface area contributed by atoms with Crippen molar-refractivity contribution >= 4 is 0 Å². The summed E-state index contributed by atoms with van der Waals surface area (Å²) in [5.74, 6) is 0. The molecule has 0 unspecified atom stereocenters. The average Bonchev–Trinajstić information content (AvgIpc) is 2.98. The first-order chi connectivity index (χ1) is 19.7. The minimum Gasteiger partial charge on any atom is -0.396 e. The molecule has 0 radical (unpaired) electrons. The molecular formula is C36H72O4. The summed E-state index contributed by atoms with van der Waals surface area (Å²) in [4.78, 5) is 0. The van der Waals surface area contributed by atoms with Gasteiger partial charge in [-0.25, -0.2) is 0 Å². The zero-order valence-corrected chi connectivity index (χ0v) is 26.8. The van der Waals surface area contributed by atoms with E-state index < -0.39 is 10.8 Å². The molecule has 0 saturated heterocycles. The maximum Gasteiger partial charge on any atom is 0.0516 e. The van der Waals surface area contributed by atoms with Gasteiger partial charge in [-0.3, -0.25) is 0 Å². The van der Waals surface area contributed by atoms with Crippen molar-refractivity contribution in [2.45, 2.75) is 193 Å². The molecule has 1 rings (SSSR count). The largest absolute Gasteiger partial charge is 0.396 e. The molecule has 4 nitrogen and oxygen atoms in total. The predicted octanol–water partition coefficient (Wildman–Crippen LogP) is 9.64. The van der Waals surface area contributed by atoms with Crippen LogP contribution in [-0.4, -0.2) is 46.9 Å². The summed E-state index contributed by atoms with van der Waals surface area (Å²) in [6.45, 7) is -0.704. The van der Waals surface area contributed by atoms with Crippen LogP contribution in [0, 0.1) is 10.8 Å². The van der Waals surface area contributed by atoms with Crippen molar-refractivity contribution in [1.29, 1.82) is 0 Å². The highest BCUT2D eigenvalue weighted by atomic mass is 16.3. The van der Waals surface area contributed by atoms with Gasteiger partial charge in [0.15, 0.2) is 0 Å². The Labute approximate surface area is 250 Å². The van der Waals surface area contributed by atoms with Crippen molar-refractivity contribution in [3.63, 3.8) is 0 Å². The van der Waals surface area contributed by atoms with Gasteiger partial charge in [-0.1, -0.05) is 180 Å². The molecule has 0 atom stereocenters. The van der Waals surface area contributed by atoms with E-state index in [0.717, 1.165) is 25.7 Å². The van der Waals surface area contributed by atoms with Crippen LogP contribution in [0.15, 0.2) is 0 Å². The van der Waals surface area contributed by atoms with Gasteiger partial charge in [-0.15, -0.1) is 0 Å². The zero-order chi connectivity index (χ0) is 29.0. The maximum absolute atomic E-state index is 10.4. The number of rotatable bonds is 4. The van der Waals surface area contributed by atoms with Gasteiger partial charge in [0, 0.05) is 10.8 Å². The molecule has 1 fully saturated rings. The fourth-order valence-electron chi connectivity index (χ4n) is 7.14. The summed E-state index contributed by atoms with van der Waals surface area (Å²) in [5, 5.41) is 41.6. The molecule has 0 aliphatic heterocycles. The standard InChI is InChI=1S/C36H72O4/c37-31-35(32-38)29-27-25-23-21-19-17-15-13-11-9-7-5-3-1-2-4-6-8-10-12-14-16-18-20-22-24-26-28-30-36(35,33-39)34-40/h37-40H,1-34H2. The Morgan fingerprint density at radius 1 is 0.225 bits per heavy atom. The quantitative estimate of drug-likeness (QED) is 0.272. The molecule has 4 N–H and O–H groups in total. The number of hydrogen-bond donors (Lipinski definition) is 4. The van der Waals surface area contributed by atoms with Crippen LogP contribution in [0.3, 0.4) is 0 Å². The van der Waals surface area contributed by atoms with E-state index in [9.17, 15) is 20.4 Å². The number of aliphatic hydroxyl groups is 4. The first-order valence-electron chi connectivity index (χ1n) is 18.1. The van der Waals surface area contributed by atoms with Crippen LogP contribution in [0.25, 0.3) is 0 Å². The van der Waals surface area contributed by atoms with E-state index >= 15 is 0 Å². The van der Waals surface area contributed by atoms with Crippen molar-refractivity contribution in [2.24, 2.45) is 10.8 Å². The molecule has 0 bridgehead atoms. The van der Waals surface area contributed by atoms with Gasteiger partial charge in [0.25, 0.3) is 0 Å². The summed E-state index contributed by atoms with van der Waals surface area (Å²) in [7, 11) is 0. The summed E-state index contributed by atoms with van der Waals surface area (Å²) >= 11 is 0. The molecular weight excluding hydrogens is 496 g/mol. The molecule has 40 heavy (non-hydrogen) atoms. The summed E-state index contributed by atoms with van der Waals surface area (Å²) in [5.41, 5.74) is -1.62. The second kappa shape index (κ2) is 26.5. The normalized spacial score (nSPS) is 24.3. The molecule has 0 amide bonds. The predicted molar refractivity (Wildman–Crippen MR) is 172 cm³/mol. The fourth-order valence-corrected chi connectivity index (χ4v) is 7.14. The van der Waals surface area contributed by atoms with Crippen molar-refractivity contribution in [1.82, 2.24) is 0 Å². The highest BCUT2D eigenvalue weighted by Gasteiger charge is 2.49. The second-order valence-corrected chi connectivity index (χ2v) is 13.6. The third kappa shape index (κ3) is 16.5. The maximum atomic E-state index is 10.4. The third-order valence-corrected chi connectivity index (χ3v) is 10.4. The Hall–Kier alpha value is -0.160. The Bertz CT molecular complexity index is 469. The van der Waals surface area contributed by atoms with Crippen LogP contribution in [-0.2, 0) is 0 Å². The first-order valence-corrected chi connectivity index (χ1v) is 18.1. The summed E-state index contributed by atoms with van der Waals surface area (Å²) in [6, 6.07) is 0. The van der Waals surface area contributed by atoms with E-state index in [1.54, 1.807) is 0 Å². The summed E-state index contributed by atoms with van der Waals surface area (Å²) < 4.78 is 0. The van der Waals surface area contributed by atoms with Gasteiger partial charge >= 0.3 is 0 Å². The molecule has 4 heteroatoms. The van der Waals surface area contributed by atoms with Gasteiger partial charge in [-0.05, 0) is 12.8 Å². The topological polar surface area (TPSA) is 80.9 Å². The molecule has 1 aliphatic carbocycles. The third-order valence-electron chi connectivity index (χ3n) is 10.4.